The number of allylic oxidation sites excluding steroid dienone is 2. The molecule has 0 unspecified atom stereocenters. The lowest BCUT2D eigenvalue weighted by molar-refractivity contribution is 0.828. The highest BCUT2D eigenvalue weighted by Crippen LogP contribution is 2.43. The quantitative estimate of drug-likeness (QED) is 0.180. The minimum Gasteiger partial charge on any atom is -0.309 e. The van der Waals surface area contributed by atoms with Gasteiger partial charge in [0.15, 0.2) is 0 Å². The molecule has 0 saturated carbocycles. The Balaban J connectivity index is 1.17. The maximum Gasteiger partial charge on any atom is 0.238 e. The fraction of sp³-hybridized carbons (Fsp3) is 0.0769. The van der Waals surface area contributed by atoms with E-state index in [0.29, 0.717) is 5.95 Å². The summed E-state index contributed by atoms with van der Waals surface area (Å²) in [6.45, 7) is 0. The molecule has 0 aliphatic heterocycles. The van der Waals surface area contributed by atoms with E-state index in [2.05, 4.69) is 188 Å². The van der Waals surface area contributed by atoms with Crippen molar-refractivity contribution in [1.82, 2.24) is 28.2 Å². The molecular formula is C52H36N6. The smallest absolute Gasteiger partial charge is 0.238 e. The zero-order valence-electron chi connectivity index (χ0n) is 31.7. The standard InChI is InChI=1S/C52H36N6/c1-2-16-33(17-3-1)55-44-28-14-8-22-38(44)50-46(55)30-31-47-51(50)39-23-9-15-29-45(39)58(47)52-53-48(56-40-24-10-4-18-34(40)35-19-5-11-25-41(35)56)32-49(54-52)57-42-26-12-6-20-36(42)37-21-7-13-27-43(37)57/h1-10,12,14-24,26,28-32H,11,13,25,27H2. The molecule has 6 nitrogen and oxygen atoms in total. The molecule has 0 fully saturated rings. The van der Waals surface area contributed by atoms with Gasteiger partial charge in [-0.1, -0.05) is 115 Å². The Morgan fingerprint density at radius 2 is 0.810 bits per heavy atom. The van der Waals surface area contributed by atoms with Gasteiger partial charge in [0.05, 0.1) is 33.1 Å². The summed E-state index contributed by atoms with van der Waals surface area (Å²) in [6, 6.07) is 52.6. The van der Waals surface area contributed by atoms with Crippen LogP contribution in [0.3, 0.4) is 0 Å². The largest absolute Gasteiger partial charge is 0.309 e. The predicted octanol–water partition coefficient (Wildman–Crippen LogP) is 12.5. The zero-order chi connectivity index (χ0) is 37.9. The Kier molecular flexibility index (Phi) is 6.58. The minimum atomic E-state index is 0.653. The van der Waals surface area contributed by atoms with Gasteiger partial charge >= 0.3 is 0 Å². The number of benzene rings is 6. The van der Waals surface area contributed by atoms with Crippen LogP contribution in [0.1, 0.15) is 35.4 Å². The summed E-state index contributed by atoms with van der Waals surface area (Å²) < 4.78 is 9.51. The van der Waals surface area contributed by atoms with E-state index in [0.717, 1.165) is 65.1 Å². The molecule has 274 valence electrons. The number of hydrogen-bond acceptors (Lipinski definition) is 2. The van der Waals surface area contributed by atoms with Crippen LogP contribution in [-0.4, -0.2) is 28.2 Å². The molecular weight excluding hydrogens is 709 g/mol. The summed E-state index contributed by atoms with van der Waals surface area (Å²) in [7, 11) is 0. The number of fused-ring (bicyclic) bond motifs is 13. The van der Waals surface area contributed by atoms with Crippen LogP contribution in [-0.2, 0) is 12.8 Å². The molecule has 5 aromatic heterocycles. The first-order valence-corrected chi connectivity index (χ1v) is 20.3. The van der Waals surface area contributed by atoms with Crippen molar-refractivity contribution in [2.75, 3.05) is 0 Å². The van der Waals surface area contributed by atoms with Gasteiger partial charge in [0, 0.05) is 66.6 Å². The summed E-state index contributed by atoms with van der Waals surface area (Å²) in [6.07, 6.45) is 13.1. The lowest BCUT2D eigenvalue weighted by Gasteiger charge is -2.18. The van der Waals surface area contributed by atoms with Crippen molar-refractivity contribution in [3.63, 3.8) is 0 Å². The van der Waals surface area contributed by atoms with Gasteiger partial charge in [-0.05, 0) is 74.2 Å². The third-order valence-electron chi connectivity index (χ3n) is 12.5. The van der Waals surface area contributed by atoms with Crippen molar-refractivity contribution in [3.8, 4) is 23.3 Å². The van der Waals surface area contributed by atoms with E-state index >= 15 is 0 Å². The highest BCUT2D eigenvalue weighted by Gasteiger charge is 2.26. The van der Waals surface area contributed by atoms with E-state index in [9.17, 15) is 0 Å². The molecule has 0 N–H and O–H groups in total. The second-order valence-electron chi connectivity index (χ2n) is 15.6. The number of hydrogen-bond donors (Lipinski definition) is 0. The molecule has 2 aliphatic carbocycles. The van der Waals surface area contributed by atoms with Crippen molar-refractivity contribution >= 4 is 77.6 Å². The van der Waals surface area contributed by atoms with Gasteiger partial charge in [0.25, 0.3) is 0 Å². The van der Waals surface area contributed by atoms with Gasteiger partial charge in [-0.15, -0.1) is 0 Å². The second-order valence-corrected chi connectivity index (χ2v) is 15.6. The van der Waals surface area contributed by atoms with Crippen LogP contribution < -0.4 is 0 Å². The first-order valence-electron chi connectivity index (χ1n) is 20.3. The predicted molar refractivity (Wildman–Crippen MR) is 239 cm³/mol. The number of nitrogens with zero attached hydrogens (tertiary/aromatic N) is 6. The van der Waals surface area contributed by atoms with Gasteiger partial charge in [0.2, 0.25) is 5.95 Å². The second kappa shape index (κ2) is 12.0. The SMILES string of the molecule is C1=Cc2c(n(-c3cc(-n4c5c(c6ccccc64)C=CCC5)nc(-n4c5ccccc5c5c6c7ccccc7n(-c7ccccc7)c6ccc54)n3)c3ccccc23)CC1. The van der Waals surface area contributed by atoms with E-state index in [1.165, 1.54) is 65.9 Å². The van der Waals surface area contributed by atoms with E-state index in [1.807, 2.05) is 0 Å². The third kappa shape index (κ3) is 4.31. The van der Waals surface area contributed by atoms with Crippen LogP contribution in [0.4, 0.5) is 0 Å². The van der Waals surface area contributed by atoms with Crippen molar-refractivity contribution in [3.05, 3.63) is 180 Å². The molecule has 2 aliphatic rings. The van der Waals surface area contributed by atoms with Gasteiger partial charge in [-0.25, -0.2) is 0 Å². The van der Waals surface area contributed by atoms with Gasteiger partial charge in [-0.3, -0.25) is 13.7 Å². The Morgan fingerprint density at radius 3 is 1.34 bits per heavy atom. The molecule has 58 heavy (non-hydrogen) atoms. The van der Waals surface area contributed by atoms with Crippen molar-refractivity contribution in [2.45, 2.75) is 25.7 Å². The lowest BCUT2D eigenvalue weighted by Crippen LogP contribution is -2.13. The maximum atomic E-state index is 5.63. The summed E-state index contributed by atoms with van der Waals surface area (Å²) >= 11 is 0. The van der Waals surface area contributed by atoms with Gasteiger partial charge < -0.3 is 4.57 Å². The molecule has 6 heteroatoms. The first kappa shape index (κ1) is 31.7. The molecule has 6 aromatic carbocycles. The molecule has 5 heterocycles. The highest BCUT2D eigenvalue weighted by atomic mass is 15.2. The minimum absolute atomic E-state index is 0.653. The zero-order valence-corrected chi connectivity index (χ0v) is 31.7. The van der Waals surface area contributed by atoms with E-state index in [1.54, 1.807) is 0 Å². The normalized spacial score (nSPS) is 13.8. The number of rotatable bonds is 4. The first-order chi connectivity index (χ1) is 28.8. The molecule has 0 spiro atoms. The van der Waals surface area contributed by atoms with Crippen molar-refractivity contribution < 1.29 is 0 Å². The van der Waals surface area contributed by atoms with E-state index in [4.69, 9.17) is 9.97 Å². The van der Waals surface area contributed by atoms with Crippen LogP contribution in [0.15, 0.2) is 158 Å². The van der Waals surface area contributed by atoms with E-state index < -0.39 is 0 Å². The lowest BCUT2D eigenvalue weighted by atomic mass is 10.0. The monoisotopic (exact) mass is 744 g/mol. The molecule has 0 atom stereocenters. The van der Waals surface area contributed by atoms with Crippen LogP contribution >= 0.6 is 0 Å². The fourth-order valence-corrected chi connectivity index (χ4v) is 10.2. The maximum absolute atomic E-state index is 5.63. The number of aromatic nitrogens is 6. The summed E-state index contributed by atoms with van der Waals surface area (Å²) in [5.74, 6) is 2.40. The summed E-state index contributed by atoms with van der Waals surface area (Å²) in [5, 5.41) is 7.34. The van der Waals surface area contributed by atoms with Crippen LogP contribution in [0, 0.1) is 0 Å². The van der Waals surface area contributed by atoms with Gasteiger partial charge in [0.1, 0.15) is 11.6 Å². The average Bonchev–Trinajstić information content (AvgIpc) is 4.01. The van der Waals surface area contributed by atoms with Crippen molar-refractivity contribution in [2.24, 2.45) is 0 Å². The summed E-state index contributed by atoms with van der Waals surface area (Å²) in [5.41, 5.74) is 13.1. The molecule has 0 saturated heterocycles. The Labute approximate surface area is 333 Å². The molecule has 0 amide bonds. The van der Waals surface area contributed by atoms with Gasteiger partial charge in [-0.2, -0.15) is 9.97 Å². The van der Waals surface area contributed by atoms with E-state index in [-0.39, 0.29) is 0 Å². The molecule has 11 aromatic rings. The number of para-hydroxylation sites is 5. The molecule has 0 radical (unpaired) electrons. The summed E-state index contributed by atoms with van der Waals surface area (Å²) in [4.78, 5) is 11.3. The Bertz CT molecular complexity index is 3450. The van der Waals surface area contributed by atoms with Crippen molar-refractivity contribution in [1.29, 1.82) is 0 Å². The third-order valence-corrected chi connectivity index (χ3v) is 12.5. The topological polar surface area (TPSA) is 45.5 Å². The Hall–Kier alpha value is -7.44. The molecule has 0 bridgehead atoms. The van der Waals surface area contributed by atoms with Crippen LogP contribution in [0.2, 0.25) is 0 Å². The Morgan fingerprint density at radius 1 is 0.379 bits per heavy atom. The average molecular weight is 745 g/mol. The highest BCUT2D eigenvalue weighted by molar-refractivity contribution is 6.28. The molecule has 13 rings (SSSR count). The van der Waals surface area contributed by atoms with Crippen LogP contribution in [0.5, 0.6) is 0 Å². The fourth-order valence-electron chi connectivity index (χ4n) is 10.2. The van der Waals surface area contributed by atoms with Crippen LogP contribution in [0.25, 0.3) is 101 Å².